The molecule has 0 saturated heterocycles. The van der Waals surface area contributed by atoms with Crippen molar-refractivity contribution in [2.24, 2.45) is 10.8 Å². The highest BCUT2D eigenvalue weighted by molar-refractivity contribution is 5.79. The van der Waals surface area contributed by atoms with Crippen LogP contribution in [-0.2, 0) is 6.54 Å². The Morgan fingerprint density at radius 2 is 1.15 bits per heavy atom. The number of nitrogens with one attached hydrogen (secondary N) is 3. The fourth-order valence-electron chi connectivity index (χ4n) is 6.36. The van der Waals surface area contributed by atoms with Gasteiger partial charge in [0, 0.05) is 34.6 Å². The first kappa shape index (κ1) is 39.1. The van der Waals surface area contributed by atoms with Gasteiger partial charge in [-0.2, -0.15) is 0 Å². The van der Waals surface area contributed by atoms with Crippen molar-refractivity contribution >= 4 is 34.4 Å². The number of rotatable bonds is 10. The summed E-state index contributed by atoms with van der Waals surface area (Å²) in [6, 6.07) is 9.85. The quantitative estimate of drug-likeness (QED) is 0.107. The van der Waals surface area contributed by atoms with E-state index >= 15 is 0 Å². The van der Waals surface area contributed by atoms with Crippen molar-refractivity contribution in [1.29, 1.82) is 0 Å². The lowest BCUT2D eigenvalue weighted by atomic mass is 9.81. The molecule has 3 rings (SSSR count). The number of nitrogens with zero attached hydrogens (tertiary/aromatic N) is 3. The molecule has 7 N–H and O–H groups in total. The first-order chi connectivity index (χ1) is 21.3. The number of nitro groups is 1. The number of aryl methyl sites for hydroxylation is 2. The number of pyridine rings is 2. The predicted molar refractivity (Wildman–Crippen MR) is 200 cm³/mol. The lowest BCUT2D eigenvalue weighted by molar-refractivity contribution is -0.383. The van der Waals surface area contributed by atoms with E-state index in [1.54, 1.807) is 0 Å². The molecule has 0 spiro atoms. The number of anilines is 5. The van der Waals surface area contributed by atoms with Gasteiger partial charge >= 0.3 is 5.69 Å². The van der Waals surface area contributed by atoms with Crippen LogP contribution < -0.4 is 27.4 Å². The monoisotopic (exact) mass is 648 g/mol. The van der Waals surface area contributed by atoms with E-state index in [2.05, 4.69) is 95.2 Å². The highest BCUT2D eigenvalue weighted by Crippen LogP contribution is 2.39. The van der Waals surface area contributed by atoms with Crippen molar-refractivity contribution in [2.45, 2.75) is 127 Å². The highest BCUT2D eigenvalue weighted by Gasteiger charge is 2.32. The molecule has 0 fully saturated rings. The van der Waals surface area contributed by atoms with Crippen LogP contribution in [0, 0.1) is 48.6 Å². The van der Waals surface area contributed by atoms with E-state index in [0.29, 0.717) is 35.2 Å². The largest absolute Gasteiger partial charge is 0.397 e. The Labute approximate surface area is 283 Å². The van der Waals surface area contributed by atoms with Crippen LogP contribution in [0.1, 0.15) is 110 Å². The lowest BCUT2D eigenvalue weighted by Gasteiger charge is -2.34. The zero-order chi connectivity index (χ0) is 36.1. The third-order valence-electron chi connectivity index (χ3n) is 7.78. The van der Waals surface area contributed by atoms with Gasteiger partial charge in [-0.1, -0.05) is 71.9 Å². The second-order valence-corrected chi connectivity index (χ2v) is 16.5. The molecule has 0 unspecified atom stereocenters. The zero-order valence-electron chi connectivity index (χ0n) is 31.3. The summed E-state index contributed by atoms with van der Waals surface area (Å²) in [6.07, 6.45) is 1.85. The van der Waals surface area contributed by atoms with Crippen LogP contribution in [0.2, 0.25) is 0 Å². The summed E-state index contributed by atoms with van der Waals surface area (Å²) in [5.74, 6) is 1.01. The third kappa shape index (κ3) is 11.9. The van der Waals surface area contributed by atoms with Gasteiger partial charge in [-0.05, 0) is 90.2 Å². The predicted octanol–water partition coefficient (Wildman–Crippen LogP) is 9.33. The molecule has 2 aromatic heterocycles. The first-order valence-corrected chi connectivity index (χ1v) is 16.3. The van der Waals surface area contributed by atoms with Crippen LogP contribution in [-0.4, -0.2) is 26.0 Å². The molecule has 3 aromatic rings. The number of hydrogen-bond acceptors (Lipinski definition) is 9. The minimum absolute atomic E-state index is 0.000940. The molecule has 0 amide bonds. The minimum atomic E-state index is -0.345. The number of benzene rings is 1. The van der Waals surface area contributed by atoms with Crippen LogP contribution in [0.4, 0.5) is 34.4 Å². The number of aromatic nitrogens is 2. The average Bonchev–Trinajstić information content (AvgIpc) is 2.89. The molecule has 0 saturated carbocycles. The van der Waals surface area contributed by atoms with E-state index in [0.717, 1.165) is 40.9 Å². The van der Waals surface area contributed by atoms with Crippen molar-refractivity contribution < 1.29 is 4.92 Å². The molecule has 0 aliphatic heterocycles. The van der Waals surface area contributed by atoms with Crippen LogP contribution in [0.5, 0.6) is 0 Å². The van der Waals surface area contributed by atoms with Gasteiger partial charge in [0.05, 0.1) is 16.3 Å². The SMILES string of the molecule is Cc1nc(NC(C)(C)CC(C)(C)C)c(N)c(N)c1C.Cc1nc(NC(C)(C)CC(C)(C)C)c([N+](=O)[O-])c(NCc2ccccc2)c1C. The van der Waals surface area contributed by atoms with E-state index in [9.17, 15) is 10.1 Å². The standard InChI is InChI=1S/C22H32N4O2.C15H28N4/c1-15-16(2)24-20(25-22(6,7)14-21(3,4)5)19(26(27)28)18(15)23-13-17-11-9-8-10-12-17;1-9-10(2)18-13(12(17)11(9)16)19-15(6,7)8-14(3,4)5/h8-12H,13-14H2,1-7H3,(H2,23,24,25);8,17H2,1-7H3,(H3,16,18,19). The molecular weight excluding hydrogens is 588 g/mol. The summed E-state index contributed by atoms with van der Waals surface area (Å²) in [7, 11) is 0. The third-order valence-corrected chi connectivity index (χ3v) is 7.78. The normalized spacial score (nSPS) is 12.2. The first-order valence-electron chi connectivity index (χ1n) is 16.3. The Kier molecular flexibility index (Phi) is 12.3. The second-order valence-electron chi connectivity index (χ2n) is 16.5. The maximum Gasteiger partial charge on any atom is 0.334 e. The van der Waals surface area contributed by atoms with Crippen LogP contribution in [0.25, 0.3) is 0 Å². The Morgan fingerprint density at radius 3 is 1.62 bits per heavy atom. The molecule has 0 radical (unpaired) electrons. The molecule has 10 nitrogen and oxygen atoms in total. The molecular formula is C37H60N8O2. The summed E-state index contributed by atoms with van der Waals surface area (Å²) in [4.78, 5) is 20.7. The van der Waals surface area contributed by atoms with Gasteiger partial charge in [-0.3, -0.25) is 10.1 Å². The van der Waals surface area contributed by atoms with E-state index in [1.165, 1.54) is 0 Å². The van der Waals surface area contributed by atoms with Crippen molar-refractivity contribution in [3.05, 3.63) is 68.5 Å². The maximum atomic E-state index is 12.0. The van der Waals surface area contributed by atoms with E-state index in [-0.39, 0.29) is 32.5 Å². The topological polar surface area (TPSA) is 157 Å². The summed E-state index contributed by atoms with van der Waals surface area (Å²) >= 11 is 0. The maximum absolute atomic E-state index is 12.0. The number of nitrogen functional groups attached to an aromatic ring is 2. The Bertz CT molecular complexity index is 1540. The summed E-state index contributed by atoms with van der Waals surface area (Å²) in [5, 5.41) is 22.0. The summed E-state index contributed by atoms with van der Waals surface area (Å²) < 4.78 is 0. The molecule has 0 aliphatic rings. The van der Waals surface area contributed by atoms with Gasteiger partial charge in [0.2, 0.25) is 5.82 Å². The number of hydrogen-bond donors (Lipinski definition) is 5. The van der Waals surface area contributed by atoms with E-state index in [4.69, 9.17) is 11.5 Å². The molecule has 260 valence electrons. The van der Waals surface area contributed by atoms with E-state index < -0.39 is 0 Å². The van der Waals surface area contributed by atoms with Gasteiger partial charge in [0.15, 0.2) is 5.82 Å². The average molecular weight is 649 g/mol. The molecule has 0 atom stereocenters. The van der Waals surface area contributed by atoms with Crippen molar-refractivity contribution in [1.82, 2.24) is 9.97 Å². The highest BCUT2D eigenvalue weighted by atomic mass is 16.6. The fraction of sp³-hybridized carbons (Fsp3) is 0.568. The van der Waals surface area contributed by atoms with Crippen LogP contribution in [0.3, 0.4) is 0 Å². The molecule has 1 aromatic carbocycles. The van der Waals surface area contributed by atoms with Crippen LogP contribution >= 0.6 is 0 Å². The molecule has 47 heavy (non-hydrogen) atoms. The molecule has 2 heterocycles. The Hall–Kier alpha value is -4.08. The molecule has 0 aliphatic carbocycles. The molecule has 10 heteroatoms. The van der Waals surface area contributed by atoms with Gasteiger partial charge in [0.25, 0.3) is 0 Å². The van der Waals surface area contributed by atoms with Gasteiger partial charge < -0.3 is 27.4 Å². The number of nitrogens with two attached hydrogens (primary N) is 2. The fourth-order valence-corrected chi connectivity index (χ4v) is 6.36. The zero-order valence-corrected chi connectivity index (χ0v) is 31.3. The molecule has 0 bridgehead atoms. The second kappa shape index (κ2) is 14.8. The van der Waals surface area contributed by atoms with E-state index in [1.807, 2.05) is 58.0 Å². The smallest absolute Gasteiger partial charge is 0.334 e. The minimum Gasteiger partial charge on any atom is -0.397 e. The Morgan fingerprint density at radius 1 is 0.702 bits per heavy atom. The summed E-state index contributed by atoms with van der Waals surface area (Å²) in [5.41, 5.74) is 18.2. The Balaban J connectivity index is 0.000000353. The van der Waals surface area contributed by atoms with Crippen LogP contribution in [0.15, 0.2) is 30.3 Å². The van der Waals surface area contributed by atoms with Crippen molar-refractivity contribution in [3.8, 4) is 0 Å². The van der Waals surface area contributed by atoms with Gasteiger partial charge in [-0.25, -0.2) is 9.97 Å². The van der Waals surface area contributed by atoms with Crippen molar-refractivity contribution in [2.75, 3.05) is 27.4 Å². The van der Waals surface area contributed by atoms with Crippen molar-refractivity contribution in [3.63, 3.8) is 0 Å². The van der Waals surface area contributed by atoms with Gasteiger partial charge in [0.1, 0.15) is 5.69 Å². The summed E-state index contributed by atoms with van der Waals surface area (Å²) in [6.45, 7) is 29.7. The van der Waals surface area contributed by atoms with Gasteiger partial charge in [-0.15, -0.1) is 0 Å². The lowest BCUT2D eigenvalue weighted by Crippen LogP contribution is -2.36.